The number of methoxy groups -OCH3 is 1. The molecule has 0 aliphatic heterocycles. The Morgan fingerprint density at radius 2 is 2.40 bits per heavy atom. The Labute approximate surface area is 129 Å². The predicted octanol–water partition coefficient (Wildman–Crippen LogP) is 3.07. The molecule has 0 radical (unpaired) electrons. The largest absolute Gasteiger partial charge is 0.383 e. The third-order valence-electron chi connectivity index (χ3n) is 3.49. The molecule has 3 rings (SSSR count). The number of hydrogen-bond acceptors (Lipinski definition) is 4. The molecule has 4 nitrogen and oxygen atoms in total. The molecule has 0 amide bonds. The highest BCUT2D eigenvalue weighted by molar-refractivity contribution is 9.10. The number of nitrogens with zero attached hydrogens (tertiary/aromatic N) is 2. The highest BCUT2D eigenvalue weighted by Crippen LogP contribution is 2.32. The number of aromatic nitrogens is 2. The number of ketones is 1. The van der Waals surface area contributed by atoms with Crippen LogP contribution in [0.2, 0.25) is 0 Å². The van der Waals surface area contributed by atoms with Crippen LogP contribution < -0.4 is 0 Å². The quantitative estimate of drug-likeness (QED) is 0.775. The fourth-order valence-electron chi connectivity index (χ4n) is 2.49. The summed E-state index contributed by atoms with van der Waals surface area (Å²) in [5.41, 5.74) is 1.96. The Morgan fingerprint density at radius 3 is 3.15 bits per heavy atom. The zero-order valence-electron chi connectivity index (χ0n) is 11.2. The number of aryl methyl sites for hydroxylation is 2. The maximum Gasteiger partial charge on any atom is 0.222 e. The van der Waals surface area contributed by atoms with Gasteiger partial charge in [-0.3, -0.25) is 9.48 Å². The standard InChI is InChI=1S/C14H15BrN2O2S/c1-19-6-5-17-13(10(15)8-16-17)14(18)12-7-9-3-2-4-11(9)20-12/h7-8H,2-6H2,1H3. The van der Waals surface area contributed by atoms with Gasteiger partial charge in [-0.2, -0.15) is 5.10 Å². The molecule has 0 bridgehead atoms. The maximum absolute atomic E-state index is 12.7. The number of thiophene rings is 1. The van der Waals surface area contributed by atoms with Gasteiger partial charge in [0.15, 0.2) is 0 Å². The molecule has 0 atom stereocenters. The molecule has 2 aromatic rings. The lowest BCUT2D eigenvalue weighted by Gasteiger charge is -2.05. The SMILES string of the molecule is COCCn1ncc(Br)c1C(=O)c1cc2c(s1)CCC2. The van der Waals surface area contributed by atoms with E-state index < -0.39 is 0 Å². The lowest BCUT2D eigenvalue weighted by Crippen LogP contribution is -2.14. The summed E-state index contributed by atoms with van der Waals surface area (Å²) in [6.07, 6.45) is 5.09. The van der Waals surface area contributed by atoms with Crippen molar-refractivity contribution >= 4 is 33.0 Å². The molecule has 2 aromatic heterocycles. The molecule has 1 aliphatic carbocycles. The van der Waals surface area contributed by atoms with Crippen molar-refractivity contribution in [1.29, 1.82) is 0 Å². The highest BCUT2D eigenvalue weighted by Gasteiger charge is 2.23. The smallest absolute Gasteiger partial charge is 0.222 e. The second kappa shape index (κ2) is 5.79. The van der Waals surface area contributed by atoms with Crippen LogP contribution in [0.5, 0.6) is 0 Å². The van der Waals surface area contributed by atoms with Gasteiger partial charge in [0, 0.05) is 12.0 Å². The van der Waals surface area contributed by atoms with E-state index in [0.29, 0.717) is 18.8 Å². The van der Waals surface area contributed by atoms with Crippen LogP contribution in [0.3, 0.4) is 0 Å². The predicted molar refractivity (Wildman–Crippen MR) is 81.6 cm³/mol. The van der Waals surface area contributed by atoms with Gasteiger partial charge in [-0.05, 0) is 46.8 Å². The molecular formula is C14H15BrN2O2S. The minimum absolute atomic E-state index is 0.0462. The van der Waals surface area contributed by atoms with Crippen LogP contribution in [0.4, 0.5) is 0 Å². The Kier molecular flexibility index (Phi) is 4.05. The second-order valence-corrected chi connectivity index (χ2v) is 6.79. The number of carbonyl (C=O) groups is 1. The summed E-state index contributed by atoms with van der Waals surface area (Å²) >= 11 is 5.05. The van der Waals surface area contributed by atoms with Crippen LogP contribution in [0.25, 0.3) is 0 Å². The molecule has 0 saturated carbocycles. The topological polar surface area (TPSA) is 44.1 Å². The molecule has 0 spiro atoms. The molecule has 2 heterocycles. The van der Waals surface area contributed by atoms with Gasteiger partial charge in [-0.25, -0.2) is 0 Å². The van der Waals surface area contributed by atoms with Crippen molar-refractivity contribution in [2.75, 3.05) is 13.7 Å². The van der Waals surface area contributed by atoms with Gasteiger partial charge >= 0.3 is 0 Å². The van der Waals surface area contributed by atoms with E-state index >= 15 is 0 Å². The van der Waals surface area contributed by atoms with E-state index in [0.717, 1.165) is 22.2 Å². The minimum atomic E-state index is 0.0462. The van der Waals surface area contributed by atoms with Crippen LogP contribution in [0.1, 0.15) is 32.2 Å². The molecule has 1 aliphatic rings. The van der Waals surface area contributed by atoms with E-state index in [9.17, 15) is 4.79 Å². The lowest BCUT2D eigenvalue weighted by molar-refractivity contribution is 0.102. The Morgan fingerprint density at radius 1 is 1.55 bits per heavy atom. The third-order valence-corrected chi connectivity index (χ3v) is 5.30. The number of halogens is 1. The number of rotatable bonds is 5. The summed E-state index contributed by atoms with van der Waals surface area (Å²) in [4.78, 5) is 14.9. The first-order chi connectivity index (χ1) is 9.70. The molecule has 106 valence electrons. The molecular weight excluding hydrogens is 340 g/mol. The van der Waals surface area contributed by atoms with Crippen molar-refractivity contribution in [2.24, 2.45) is 0 Å². The van der Waals surface area contributed by atoms with Crippen molar-refractivity contribution in [2.45, 2.75) is 25.8 Å². The monoisotopic (exact) mass is 354 g/mol. The average molecular weight is 355 g/mol. The Bertz CT molecular complexity index is 626. The summed E-state index contributed by atoms with van der Waals surface area (Å²) in [6.45, 7) is 1.11. The second-order valence-electron chi connectivity index (χ2n) is 4.80. The molecule has 20 heavy (non-hydrogen) atoms. The zero-order valence-corrected chi connectivity index (χ0v) is 13.6. The van der Waals surface area contributed by atoms with Gasteiger partial charge < -0.3 is 4.74 Å². The van der Waals surface area contributed by atoms with E-state index in [-0.39, 0.29) is 5.78 Å². The molecule has 6 heteroatoms. The molecule has 0 unspecified atom stereocenters. The molecule has 0 aromatic carbocycles. The number of fused-ring (bicyclic) bond motifs is 1. The number of ether oxygens (including phenoxy) is 1. The number of carbonyl (C=O) groups excluding carboxylic acids is 1. The maximum atomic E-state index is 12.7. The average Bonchev–Trinajstić information content (AvgIpc) is 3.09. The highest BCUT2D eigenvalue weighted by atomic mass is 79.9. The van der Waals surface area contributed by atoms with E-state index in [2.05, 4.69) is 27.1 Å². The van der Waals surface area contributed by atoms with E-state index in [4.69, 9.17) is 4.74 Å². The minimum Gasteiger partial charge on any atom is -0.383 e. The van der Waals surface area contributed by atoms with Crippen molar-refractivity contribution in [3.8, 4) is 0 Å². The van der Waals surface area contributed by atoms with Crippen LogP contribution in [-0.2, 0) is 24.1 Å². The fraction of sp³-hybridized carbons (Fsp3) is 0.429. The Balaban J connectivity index is 1.91. The first-order valence-electron chi connectivity index (χ1n) is 6.57. The zero-order chi connectivity index (χ0) is 14.1. The summed E-state index contributed by atoms with van der Waals surface area (Å²) in [7, 11) is 1.64. The van der Waals surface area contributed by atoms with Gasteiger partial charge in [0.25, 0.3) is 0 Å². The Hall–Kier alpha value is -0.980. The molecule has 0 saturated heterocycles. The number of hydrogen-bond donors (Lipinski definition) is 0. The normalized spacial score (nSPS) is 13.7. The van der Waals surface area contributed by atoms with Crippen molar-refractivity contribution in [3.05, 3.63) is 37.7 Å². The first-order valence-corrected chi connectivity index (χ1v) is 8.18. The summed E-state index contributed by atoms with van der Waals surface area (Å²) in [6, 6.07) is 2.05. The first kappa shape index (κ1) is 14.0. The van der Waals surface area contributed by atoms with Crippen LogP contribution >= 0.6 is 27.3 Å². The van der Waals surface area contributed by atoms with Crippen LogP contribution in [0, 0.1) is 0 Å². The molecule has 0 fully saturated rings. The van der Waals surface area contributed by atoms with Gasteiger partial charge in [0.2, 0.25) is 5.78 Å². The lowest BCUT2D eigenvalue weighted by atomic mass is 10.2. The van der Waals surface area contributed by atoms with E-state index in [1.54, 1.807) is 29.3 Å². The summed E-state index contributed by atoms with van der Waals surface area (Å²) < 4.78 is 7.51. The van der Waals surface area contributed by atoms with E-state index in [1.807, 2.05) is 0 Å². The molecule has 0 N–H and O–H groups in total. The van der Waals surface area contributed by atoms with Crippen LogP contribution in [-0.4, -0.2) is 29.3 Å². The summed E-state index contributed by atoms with van der Waals surface area (Å²) in [5.74, 6) is 0.0462. The summed E-state index contributed by atoms with van der Waals surface area (Å²) in [5, 5.41) is 4.24. The van der Waals surface area contributed by atoms with Crippen molar-refractivity contribution in [1.82, 2.24) is 9.78 Å². The fourth-order valence-corrected chi connectivity index (χ4v) is 4.16. The van der Waals surface area contributed by atoms with Crippen molar-refractivity contribution < 1.29 is 9.53 Å². The van der Waals surface area contributed by atoms with Gasteiger partial charge in [0.1, 0.15) is 5.69 Å². The van der Waals surface area contributed by atoms with Gasteiger partial charge in [-0.15, -0.1) is 11.3 Å². The van der Waals surface area contributed by atoms with Crippen molar-refractivity contribution in [3.63, 3.8) is 0 Å². The van der Waals surface area contributed by atoms with Gasteiger partial charge in [0.05, 0.1) is 28.7 Å². The van der Waals surface area contributed by atoms with Crippen LogP contribution in [0.15, 0.2) is 16.7 Å². The third kappa shape index (κ3) is 2.47. The van der Waals surface area contributed by atoms with E-state index in [1.165, 1.54) is 16.9 Å². The van der Waals surface area contributed by atoms with Gasteiger partial charge in [-0.1, -0.05) is 0 Å².